The van der Waals surface area contributed by atoms with E-state index in [1.54, 1.807) is 0 Å². The lowest BCUT2D eigenvalue weighted by Gasteiger charge is -2.23. The number of likely N-dealkylation sites (tertiary alicyclic amines) is 1. The highest BCUT2D eigenvalue weighted by Gasteiger charge is 2.29. The molecule has 2 fully saturated rings. The van der Waals surface area contributed by atoms with Crippen molar-refractivity contribution in [2.24, 2.45) is 17.8 Å². The number of hydrogen-bond acceptors (Lipinski definition) is 2. The number of nitrogens with one attached hydrogen (secondary N) is 1. The van der Waals surface area contributed by atoms with Crippen molar-refractivity contribution in [3.05, 3.63) is 0 Å². The molecule has 1 saturated carbocycles. The van der Waals surface area contributed by atoms with Crippen LogP contribution >= 0.6 is 0 Å². The Morgan fingerprint density at radius 1 is 1.11 bits per heavy atom. The van der Waals surface area contributed by atoms with Gasteiger partial charge in [-0.15, -0.1) is 0 Å². The fourth-order valence-corrected chi connectivity index (χ4v) is 3.76. The van der Waals surface area contributed by atoms with Gasteiger partial charge in [-0.1, -0.05) is 27.2 Å². The van der Waals surface area contributed by atoms with Crippen LogP contribution in [0.15, 0.2) is 0 Å². The average molecular weight is 252 g/mol. The maximum Gasteiger partial charge on any atom is 0.00958 e. The average Bonchev–Trinajstić information content (AvgIpc) is 2.92. The van der Waals surface area contributed by atoms with Crippen LogP contribution in [0.4, 0.5) is 0 Å². The molecule has 0 aromatic rings. The Bertz CT molecular complexity index is 231. The van der Waals surface area contributed by atoms with Crippen molar-refractivity contribution in [1.29, 1.82) is 0 Å². The summed E-state index contributed by atoms with van der Waals surface area (Å²) < 4.78 is 0. The maximum absolute atomic E-state index is 3.76. The standard InChI is InChI=1S/C16H32N2/c1-4-9-17-16-7-5-6-15(16)8-10-18-11-13(2)14(3)12-18/h13-17H,4-12H2,1-3H3. The summed E-state index contributed by atoms with van der Waals surface area (Å²) >= 11 is 0. The molecule has 1 N–H and O–H groups in total. The fraction of sp³-hybridized carbons (Fsp3) is 1.00. The van der Waals surface area contributed by atoms with Gasteiger partial charge in [0.25, 0.3) is 0 Å². The number of rotatable bonds is 6. The van der Waals surface area contributed by atoms with Gasteiger partial charge in [0.2, 0.25) is 0 Å². The molecule has 0 aromatic heterocycles. The SMILES string of the molecule is CCCNC1CCCC1CCN1CC(C)C(C)C1. The highest BCUT2D eigenvalue weighted by molar-refractivity contribution is 4.85. The van der Waals surface area contributed by atoms with Crippen LogP contribution in [0.5, 0.6) is 0 Å². The molecular weight excluding hydrogens is 220 g/mol. The molecule has 1 saturated heterocycles. The van der Waals surface area contributed by atoms with Crippen LogP contribution in [0, 0.1) is 17.8 Å². The van der Waals surface area contributed by atoms with E-state index in [9.17, 15) is 0 Å². The van der Waals surface area contributed by atoms with E-state index in [-0.39, 0.29) is 0 Å². The molecule has 2 rings (SSSR count). The first kappa shape index (κ1) is 14.3. The van der Waals surface area contributed by atoms with E-state index in [1.807, 2.05) is 0 Å². The molecule has 2 heteroatoms. The predicted molar refractivity (Wildman–Crippen MR) is 78.8 cm³/mol. The van der Waals surface area contributed by atoms with Gasteiger partial charge >= 0.3 is 0 Å². The lowest BCUT2D eigenvalue weighted by atomic mass is 9.99. The fourth-order valence-electron chi connectivity index (χ4n) is 3.76. The van der Waals surface area contributed by atoms with Crippen molar-refractivity contribution in [3.63, 3.8) is 0 Å². The zero-order valence-corrected chi connectivity index (χ0v) is 12.6. The van der Waals surface area contributed by atoms with Gasteiger partial charge in [0, 0.05) is 19.1 Å². The van der Waals surface area contributed by atoms with Gasteiger partial charge < -0.3 is 10.2 Å². The van der Waals surface area contributed by atoms with E-state index < -0.39 is 0 Å². The molecule has 1 aliphatic heterocycles. The van der Waals surface area contributed by atoms with Gasteiger partial charge in [-0.05, 0) is 56.5 Å². The highest BCUT2D eigenvalue weighted by Crippen LogP contribution is 2.30. The third-order valence-electron chi connectivity index (χ3n) is 5.20. The summed E-state index contributed by atoms with van der Waals surface area (Å²) in [4.78, 5) is 2.70. The Morgan fingerprint density at radius 2 is 1.83 bits per heavy atom. The first-order chi connectivity index (χ1) is 8.70. The molecule has 2 nitrogen and oxygen atoms in total. The zero-order valence-electron chi connectivity index (χ0n) is 12.6. The topological polar surface area (TPSA) is 15.3 Å². The maximum atomic E-state index is 3.76. The molecule has 0 radical (unpaired) electrons. The normalized spacial score (nSPS) is 37.5. The van der Waals surface area contributed by atoms with Crippen molar-refractivity contribution >= 4 is 0 Å². The van der Waals surface area contributed by atoms with Gasteiger partial charge in [-0.2, -0.15) is 0 Å². The molecule has 4 unspecified atom stereocenters. The van der Waals surface area contributed by atoms with Crippen LogP contribution in [0.2, 0.25) is 0 Å². The summed E-state index contributed by atoms with van der Waals surface area (Å²) in [7, 11) is 0. The van der Waals surface area contributed by atoms with Crippen LogP contribution in [0.3, 0.4) is 0 Å². The van der Waals surface area contributed by atoms with E-state index in [0.717, 1.165) is 23.8 Å². The van der Waals surface area contributed by atoms with Crippen LogP contribution in [-0.2, 0) is 0 Å². The lowest BCUT2D eigenvalue weighted by Crippen LogP contribution is -2.35. The first-order valence-corrected chi connectivity index (χ1v) is 8.16. The van der Waals surface area contributed by atoms with Crippen LogP contribution in [0.1, 0.15) is 52.9 Å². The van der Waals surface area contributed by atoms with Crippen molar-refractivity contribution < 1.29 is 0 Å². The summed E-state index contributed by atoms with van der Waals surface area (Å²) in [6, 6.07) is 0.822. The predicted octanol–water partition coefficient (Wildman–Crippen LogP) is 3.13. The molecule has 0 amide bonds. The molecule has 106 valence electrons. The summed E-state index contributed by atoms with van der Waals surface area (Å²) in [5, 5.41) is 3.76. The van der Waals surface area contributed by atoms with Crippen molar-refractivity contribution in [2.75, 3.05) is 26.2 Å². The molecule has 18 heavy (non-hydrogen) atoms. The molecule has 1 aliphatic carbocycles. The van der Waals surface area contributed by atoms with E-state index >= 15 is 0 Å². The molecule has 4 atom stereocenters. The monoisotopic (exact) mass is 252 g/mol. The van der Waals surface area contributed by atoms with Crippen molar-refractivity contribution in [2.45, 2.75) is 58.9 Å². The molecule has 0 aromatic carbocycles. The van der Waals surface area contributed by atoms with E-state index in [0.29, 0.717) is 0 Å². The highest BCUT2D eigenvalue weighted by atomic mass is 15.1. The Kier molecular flexibility index (Phi) is 5.50. The Balaban J connectivity index is 1.69. The molecule has 0 bridgehead atoms. The van der Waals surface area contributed by atoms with E-state index in [1.165, 1.54) is 58.3 Å². The second-order valence-corrected chi connectivity index (χ2v) is 6.75. The summed E-state index contributed by atoms with van der Waals surface area (Å²) in [5.41, 5.74) is 0. The minimum absolute atomic E-state index is 0.822. The zero-order chi connectivity index (χ0) is 13.0. The third-order valence-corrected chi connectivity index (χ3v) is 5.20. The largest absolute Gasteiger partial charge is 0.314 e. The molecule has 0 spiro atoms. The first-order valence-electron chi connectivity index (χ1n) is 8.16. The van der Waals surface area contributed by atoms with Crippen LogP contribution < -0.4 is 5.32 Å². The van der Waals surface area contributed by atoms with Crippen LogP contribution in [0.25, 0.3) is 0 Å². The second-order valence-electron chi connectivity index (χ2n) is 6.75. The van der Waals surface area contributed by atoms with Crippen molar-refractivity contribution in [1.82, 2.24) is 10.2 Å². The van der Waals surface area contributed by atoms with Crippen LogP contribution in [-0.4, -0.2) is 37.1 Å². The lowest BCUT2D eigenvalue weighted by molar-refractivity contribution is 0.273. The molecular formula is C16H32N2. The quantitative estimate of drug-likeness (QED) is 0.781. The van der Waals surface area contributed by atoms with Gasteiger partial charge in [0.15, 0.2) is 0 Å². The van der Waals surface area contributed by atoms with E-state index in [4.69, 9.17) is 0 Å². The minimum Gasteiger partial charge on any atom is -0.314 e. The van der Waals surface area contributed by atoms with E-state index in [2.05, 4.69) is 31.0 Å². The van der Waals surface area contributed by atoms with Gasteiger partial charge in [0.1, 0.15) is 0 Å². The second kappa shape index (κ2) is 6.91. The Hall–Kier alpha value is -0.0800. The Labute approximate surface area is 114 Å². The minimum atomic E-state index is 0.822. The van der Waals surface area contributed by atoms with Gasteiger partial charge in [0.05, 0.1) is 0 Å². The third kappa shape index (κ3) is 3.71. The summed E-state index contributed by atoms with van der Waals surface area (Å²) in [6.45, 7) is 12.3. The van der Waals surface area contributed by atoms with Gasteiger partial charge in [-0.25, -0.2) is 0 Å². The Morgan fingerprint density at radius 3 is 2.50 bits per heavy atom. The van der Waals surface area contributed by atoms with Crippen molar-refractivity contribution in [3.8, 4) is 0 Å². The smallest absolute Gasteiger partial charge is 0.00958 e. The molecule has 1 heterocycles. The summed E-state index contributed by atoms with van der Waals surface area (Å²) in [5.74, 6) is 2.76. The van der Waals surface area contributed by atoms with Gasteiger partial charge in [-0.3, -0.25) is 0 Å². The number of nitrogens with zero attached hydrogens (tertiary/aromatic N) is 1. The number of hydrogen-bond donors (Lipinski definition) is 1. The summed E-state index contributed by atoms with van der Waals surface area (Å²) in [6.07, 6.45) is 7.00. The molecule has 2 aliphatic rings.